The van der Waals surface area contributed by atoms with Crippen molar-refractivity contribution in [2.24, 2.45) is 0 Å². The van der Waals surface area contributed by atoms with Gasteiger partial charge in [0, 0.05) is 19.1 Å². The fraction of sp³-hybridized carbons (Fsp3) is 0.500. The minimum absolute atomic E-state index is 0.433. The average molecular weight is 264 g/mol. The van der Waals surface area contributed by atoms with Gasteiger partial charge in [-0.05, 0) is 45.1 Å². The fourth-order valence-corrected chi connectivity index (χ4v) is 2.83. The Hall–Kier alpha value is -1.24. The van der Waals surface area contributed by atoms with Crippen LogP contribution in [0, 0.1) is 11.3 Å². The predicted molar refractivity (Wildman–Crippen MR) is 75.1 cm³/mol. The van der Waals surface area contributed by atoms with Gasteiger partial charge in [-0.15, -0.1) is 0 Å². The Labute approximate surface area is 114 Å². The highest BCUT2D eigenvalue weighted by molar-refractivity contribution is 6.33. The van der Waals surface area contributed by atoms with Crippen LogP contribution in [0.3, 0.4) is 0 Å². The van der Waals surface area contributed by atoms with Crippen molar-refractivity contribution in [3.8, 4) is 6.07 Å². The van der Waals surface area contributed by atoms with Crippen LogP contribution in [0.25, 0.3) is 0 Å². The van der Waals surface area contributed by atoms with Crippen molar-refractivity contribution in [2.75, 3.05) is 31.6 Å². The van der Waals surface area contributed by atoms with Crippen LogP contribution in [-0.2, 0) is 0 Å². The third-order valence-electron chi connectivity index (χ3n) is 3.43. The Kier molecular flexibility index (Phi) is 4.11. The minimum Gasteiger partial charge on any atom is -0.366 e. The maximum atomic E-state index is 8.87. The molecule has 0 spiro atoms. The Balaban J connectivity index is 2.27. The minimum atomic E-state index is 0.433. The number of rotatable bonds is 1. The van der Waals surface area contributed by atoms with E-state index in [4.69, 9.17) is 16.9 Å². The zero-order chi connectivity index (χ0) is 13.1. The van der Waals surface area contributed by atoms with Gasteiger partial charge in [-0.3, -0.25) is 0 Å². The molecular formula is C14H18ClN3. The largest absolute Gasteiger partial charge is 0.366 e. The molecule has 1 saturated heterocycles. The number of nitrogens with zero attached hydrogens (tertiary/aromatic N) is 3. The molecule has 4 heteroatoms. The van der Waals surface area contributed by atoms with E-state index in [1.54, 1.807) is 6.07 Å². The van der Waals surface area contributed by atoms with Gasteiger partial charge in [-0.25, -0.2) is 0 Å². The number of likely N-dealkylation sites (N-methyl/N-ethyl adjacent to an activating group) is 1. The molecule has 1 unspecified atom stereocenters. The molecule has 0 aliphatic carbocycles. The summed E-state index contributed by atoms with van der Waals surface area (Å²) in [4.78, 5) is 4.69. The highest BCUT2D eigenvalue weighted by Gasteiger charge is 2.21. The Morgan fingerprint density at radius 3 is 2.83 bits per heavy atom. The highest BCUT2D eigenvalue weighted by Crippen LogP contribution is 2.29. The van der Waals surface area contributed by atoms with E-state index in [2.05, 4.69) is 29.8 Å². The molecule has 18 heavy (non-hydrogen) atoms. The van der Waals surface area contributed by atoms with Gasteiger partial charge in [0.25, 0.3) is 0 Å². The topological polar surface area (TPSA) is 30.3 Å². The molecular weight excluding hydrogens is 246 g/mol. The van der Waals surface area contributed by atoms with Crippen LogP contribution in [0.4, 0.5) is 5.69 Å². The van der Waals surface area contributed by atoms with E-state index in [1.165, 1.54) is 0 Å². The number of hydrogen-bond donors (Lipinski definition) is 0. The predicted octanol–water partition coefficient (Wildman–Crippen LogP) is 2.74. The molecule has 1 aliphatic rings. The molecule has 1 aromatic rings. The number of nitriles is 1. The lowest BCUT2D eigenvalue weighted by Crippen LogP contribution is -2.38. The van der Waals surface area contributed by atoms with Gasteiger partial charge >= 0.3 is 0 Å². The molecule has 1 aliphatic heterocycles. The van der Waals surface area contributed by atoms with E-state index in [0.717, 1.165) is 31.7 Å². The molecule has 0 N–H and O–H groups in total. The van der Waals surface area contributed by atoms with Crippen molar-refractivity contribution in [2.45, 2.75) is 19.4 Å². The van der Waals surface area contributed by atoms with E-state index >= 15 is 0 Å². The molecule has 1 fully saturated rings. The van der Waals surface area contributed by atoms with Gasteiger partial charge in [-0.2, -0.15) is 5.26 Å². The van der Waals surface area contributed by atoms with Crippen molar-refractivity contribution in [1.29, 1.82) is 5.26 Å². The Morgan fingerprint density at radius 1 is 1.39 bits per heavy atom. The van der Waals surface area contributed by atoms with E-state index in [-0.39, 0.29) is 0 Å². The van der Waals surface area contributed by atoms with Gasteiger partial charge in [0.1, 0.15) is 0 Å². The number of anilines is 1. The van der Waals surface area contributed by atoms with Crippen LogP contribution in [-0.4, -0.2) is 37.6 Å². The van der Waals surface area contributed by atoms with E-state index in [0.29, 0.717) is 16.6 Å². The first-order chi connectivity index (χ1) is 8.61. The first-order valence-corrected chi connectivity index (χ1v) is 6.64. The highest BCUT2D eigenvalue weighted by atomic mass is 35.5. The molecule has 1 heterocycles. The van der Waals surface area contributed by atoms with Crippen LogP contribution in [0.5, 0.6) is 0 Å². The normalized spacial score (nSPS) is 21.4. The summed E-state index contributed by atoms with van der Waals surface area (Å²) < 4.78 is 0. The molecule has 96 valence electrons. The summed E-state index contributed by atoms with van der Waals surface area (Å²) in [6, 6.07) is 8.10. The van der Waals surface area contributed by atoms with Crippen molar-refractivity contribution in [3.63, 3.8) is 0 Å². The first-order valence-electron chi connectivity index (χ1n) is 6.26. The molecule has 1 aromatic carbocycles. The van der Waals surface area contributed by atoms with Crippen molar-refractivity contribution in [3.05, 3.63) is 28.8 Å². The summed E-state index contributed by atoms with van der Waals surface area (Å²) in [5.74, 6) is 0. The maximum absolute atomic E-state index is 8.87. The summed E-state index contributed by atoms with van der Waals surface area (Å²) in [7, 11) is 2.15. The first kappa shape index (κ1) is 13.2. The zero-order valence-electron chi connectivity index (χ0n) is 10.9. The second kappa shape index (κ2) is 5.60. The lowest BCUT2D eigenvalue weighted by Gasteiger charge is -2.30. The average Bonchev–Trinajstić information content (AvgIpc) is 2.50. The van der Waals surface area contributed by atoms with Crippen molar-refractivity contribution < 1.29 is 0 Å². The van der Waals surface area contributed by atoms with E-state index in [1.807, 2.05) is 12.1 Å². The molecule has 0 aromatic heterocycles. The number of halogens is 1. The fourth-order valence-electron chi connectivity index (χ4n) is 2.54. The molecule has 2 rings (SSSR count). The van der Waals surface area contributed by atoms with Crippen LogP contribution in [0.2, 0.25) is 5.02 Å². The molecule has 0 bridgehead atoms. The summed E-state index contributed by atoms with van der Waals surface area (Å²) in [6.45, 7) is 5.39. The van der Waals surface area contributed by atoms with Gasteiger partial charge in [-0.1, -0.05) is 11.6 Å². The lowest BCUT2D eigenvalue weighted by atomic mass is 10.1. The second-order valence-corrected chi connectivity index (χ2v) is 5.34. The van der Waals surface area contributed by atoms with Crippen molar-refractivity contribution >= 4 is 17.3 Å². The summed E-state index contributed by atoms with van der Waals surface area (Å²) in [5.41, 5.74) is 1.65. The van der Waals surface area contributed by atoms with E-state index in [9.17, 15) is 0 Å². The molecule has 0 radical (unpaired) electrons. The van der Waals surface area contributed by atoms with Gasteiger partial charge < -0.3 is 9.80 Å². The van der Waals surface area contributed by atoms with Gasteiger partial charge in [0.15, 0.2) is 0 Å². The third kappa shape index (κ3) is 2.77. The SMILES string of the molecule is CC1CN(C)CCCN1c1ccc(C#N)cc1Cl. The summed E-state index contributed by atoms with van der Waals surface area (Å²) >= 11 is 6.29. The van der Waals surface area contributed by atoms with Crippen molar-refractivity contribution in [1.82, 2.24) is 4.90 Å². The van der Waals surface area contributed by atoms with Crippen LogP contribution < -0.4 is 4.90 Å². The molecule has 0 amide bonds. The standard InChI is InChI=1S/C14H18ClN3/c1-11-10-17(2)6-3-7-18(11)14-5-4-12(9-16)8-13(14)15/h4-5,8,11H,3,6-7,10H2,1-2H3. The second-order valence-electron chi connectivity index (χ2n) is 4.94. The lowest BCUT2D eigenvalue weighted by molar-refractivity contribution is 0.337. The quantitative estimate of drug-likeness (QED) is 0.781. The molecule has 0 saturated carbocycles. The number of hydrogen-bond acceptors (Lipinski definition) is 3. The zero-order valence-corrected chi connectivity index (χ0v) is 11.6. The van der Waals surface area contributed by atoms with Gasteiger partial charge in [0.05, 0.1) is 22.3 Å². The number of benzene rings is 1. The summed E-state index contributed by atoms with van der Waals surface area (Å²) in [5, 5.41) is 9.54. The van der Waals surface area contributed by atoms with Crippen LogP contribution in [0.1, 0.15) is 18.9 Å². The summed E-state index contributed by atoms with van der Waals surface area (Å²) in [6.07, 6.45) is 1.14. The van der Waals surface area contributed by atoms with Crippen LogP contribution in [0.15, 0.2) is 18.2 Å². The Morgan fingerprint density at radius 2 is 2.17 bits per heavy atom. The molecule has 1 atom stereocenters. The smallest absolute Gasteiger partial charge is 0.0992 e. The van der Waals surface area contributed by atoms with Crippen LogP contribution >= 0.6 is 11.6 Å². The van der Waals surface area contributed by atoms with Gasteiger partial charge in [0.2, 0.25) is 0 Å². The molecule has 3 nitrogen and oxygen atoms in total. The third-order valence-corrected chi connectivity index (χ3v) is 3.74. The Bertz CT molecular complexity index is 467. The van der Waals surface area contributed by atoms with E-state index < -0.39 is 0 Å². The monoisotopic (exact) mass is 263 g/mol. The maximum Gasteiger partial charge on any atom is 0.0992 e.